The van der Waals surface area contributed by atoms with E-state index in [2.05, 4.69) is 25.4 Å². The summed E-state index contributed by atoms with van der Waals surface area (Å²) < 4.78 is 1.52. The van der Waals surface area contributed by atoms with Gasteiger partial charge in [-0.15, -0.1) is 5.10 Å². The van der Waals surface area contributed by atoms with E-state index < -0.39 is 0 Å². The predicted octanol–water partition coefficient (Wildman–Crippen LogP) is 1.71. The zero-order chi connectivity index (χ0) is 17.6. The van der Waals surface area contributed by atoms with Crippen molar-refractivity contribution in [3.8, 4) is 11.9 Å². The maximum absolute atomic E-state index is 9.42. The molecular weight excluding hydrogens is 342 g/mol. The van der Waals surface area contributed by atoms with Crippen molar-refractivity contribution in [3.63, 3.8) is 0 Å². The molecule has 0 amide bonds. The van der Waals surface area contributed by atoms with Gasteiger partial charge in [-0.2, -0.15) is 9.94 Å². The largest absolute Gasteiger partial charge is 0.395 e. The van der Waals surface area contributed by atoms with Crippen LogP contribution in [-0.2, 0) is 6.54 Å². The minimum atomic E-state index is 0.0931. The number of nitrogens with zero attached hydrogens (tertiary/aromatic N) is 7. The lowest BCUT2D eigenvalue weighted by Crippen LogP contribution is -2.39. The zero-order valence-electron chi connectivity index (χ0n) is 13.8. The van der Waals surface area contributed by atoms with Crippen molar-refractivity contribution >= 4 is 11.6 Å². The van der Waals surface area contributed by atoms with Crippen LogP contribution in [0.2, 0.25) is 5.02 Å². The fourth-order valence-corrected chi connectivity index (χ4v) is 3.40. The van der Waals surface area contributed by atoms with Crippen LogP contribution in [0.4, 0.5) is 0 Å². The fraction of sp³-hybridized carbons (Fsp3) is 0.562. The smallest absolute Gasteiger partial charge is 0.172 e. The quantitative estimate of drug-likeness (QED) is 0.835. The van der Waals surface area contributed by atoms with E-state index in [4.69, 9.17) is 16.9 Å². The molecule has 0 bridgehead atoms. The second-order valence-corrected chi connectivity index (χ2v) is 6.51. The van der Waals surface area contributed by atoms with Crippen molar-refractivity contribution in [1.82, 2.24) is 30.1 Å². The predicted molar refractivity (Wildman–Crippen MR) is 91.0 cm³/mol. The first-order valence-electron chi connectivity index (χ1n) is 8.42. The Kier molecular flexibility index (Phi) is 5.91. The van der Waals surface area contributed by atoms with E-state index in [-0.39, 0.29) is 12.3 Å². The van der Waals surface area contributed by atoms with Gasteiger partial charge < -0.3 is 5.11 Å². The van der Waals surface area contributed by atoms with E-state index in [0.29, 0.717) is 35.8 Å². The summed E-state index contributed by atoms with van der Waals surface area (Å²) in [6, 6.07) is 5.68. The molecule has 0 atom stereocenters. The summed E-state index contributed by atoms with van der Waals surface area (Å²) in [7, 11) is 0. The third-order valence-electron chi connectivity index (χ3n) is 4.51. The van der Waals surface area contributed by atoms with Gasteiger partial charge in [0.25, 0.3) is 0 Å². The fourth-order valence-electron chi connectivity index (χ4n) is 3.26. The molecule has 1 fully saturated rings. The van der Waals surface area contributed by atoms with Gasteiger partial charge in [0.15, 0.2) is 17.3 Å². The van der Waals surface area contributed by atoms with Gasteiger partial charge in [0.1, 0.15) is 6.07 Å². The number of tetrazole rings is 1. The first-order chi connectivity index (χ1) is 12.2. The summed E-state index contributed by atoms with van der Waals surface area (Å²) in [5, 5.41) is 30.7. The monoisotopic (exact) mass is 361 g/mol. The average molecular weight is 362 g/mol. The number of aliphatic hydroxyl groups is 1. The van der Waals surface area contributed by atoms with Crippen LogP contribution in [0, 0.1) is 11.3 Å². The van der Waals surface area contributed by atoms with E-state index in [1.54, 1.807) is 12.1 Å². The third kappa shape index (κ3) is 4.12. The van der Waals surface area contributed by atoms with Gasteiger partial charge in [0.2, 0.25) is 0 Å². The molecule has 1 aliphatic rings. The van der Waals surface area contributed by atoms with Crippen molar-refractivity contribution < 1.29 is 5.11 Å². The SMILES string of the molecule is N#Cc1nc(-n2nnnc2CN(CCO)C2CCCCC2)ccc1Cl. The number of halogens is 1. The lowest BCUT2D eigenvalue weighted by atomic mass is 9.94. The molecule has 1 N–H and O–H groups in total. The molecule has 0 unspecified atom stereocenters. The Morgan fingerprint density at radius 1 is 1.32 bits per heavy atom. The Morgan fingerprint density at radius 3 is 2.84 bits per heavy atom. The number of nitriles is 1. The first-order valence-corrected chi connectivity index (χ1v) is 8.80. The van der Waals surface area contributed by atoms with E-state index in [0.717, 1.165) is 12.8 Å². The van der Waals surface area contributed by atoms with Crippen LogP contribution in [0.5, 0.6) is 0 Å². The lowest BCUT2D eigenvalue weighted by molar-refractivity contribution is 0.113. The Hall–Kier alpha value is -2.08. The maximum atomic E-state index is 9.42. The molecule has 0 aromatic carbocycles. The molecule has 8 nitrogen and oxygen atoms in total. The molecule has 3 rings (SSSR count). The van der Waals surface area contributed by atoms with E-state index in [1.807, 2.05) is 6.07 Å². The Bertz CT molecular complexity index is 751. The van der Waals surface area contributed by atoms with Crippen molar-refractivity contribution in [3.05, 3.63) is 28.7 Å². The molecule has 132 valence electrons. The van der Waals surface area contributed by atoms with Gasteiger partial charge >= 0.3 is 0 Å². The van der Waals surface area contributed by atoms with E-state index in [1.165, 1.54) is 23.9 Å². The Balaban J connectivity index is 1.84. The number of hydrogen-bond acceptors (Lipinski definition) is 7. The summed E-state index contributed by atoms with van der Waals surface area (Å²) in [5.41, 5.74) is 0.139. The first kappa shape index (κ1) is 17.7. The Morgan fingerprint density at radius 2 is 2.12 bits per heavy atom. The van der Waals surface area contributed by atoms with Gasteiger partial charge in [0, 0.05) is 12.6 Å². The minimum Gasteiger partial charge on any atom is -0.395 e. The standard InChI is InChI=1S/C16H20ClN7O/c17-13-6-7-15(19-14(13)10-18)24-16(20-21-22-24)11-23(8-9-25)12-4-2-1-3-5-12/h6-7,12,25H,1-5,8-9,11H2. The number of hydrogen-bond donors (Lipinski definition) is 1. The van der Waals surface area contributed by atoms with Gasteiger partial charge in [-0.05, 0) is 35.4 Å². The minimum absolute atomic E-state index is 0.0931. The molecule has 2 aromatic heterocycles. The number of pyridine rings is 1. The molecule has 2 heterocycles. The normalized spacial score (nSPS) is 15.4. The van der Waals surface area contributed by atoms with Crippen LogP contribution < -0.4 is 0 Å². The van der Waals surface area contributed by atoms with E-state index >= 15 is 0 Å². The average Bonchev–Trinajstić information content (AvgIpc) is 3.11. The highest BCUT2D eigenvalue weighted by atomic mass is 35.5. The van der Waals surface area contributed by atoms with Crippen LogP contribution in [-0.4, -0.2) is 54.4 Å². The number of rotatable bonds is 6. The number of aliphatic hydroxyl groups excluding tert-OH is 1. The summed E-state index contributed by atoms with van der Waals surface area (Å²) in [6.45, 7) is 1.19. The van der Waals surface area contributed by atoms with Crippen molar-refractivity contribution in [1.29, 1.82) is 5.26 Å². The molecule has 2 aromatic rings. The zero-order valence-corrected chi connectivity index (χ0v) is 14.6. The lowest BCUT2D eigenvalue weighted by Gasteiger charge is -2.33. The van der Waals surface area contributed by atoms with Gasteiger partial charge in [-0.3, -0.25) is 4.90 Å². The Labute approximate surface area is 151 Å². The maximum Gasteiger partial charge on any atom is 0.172 e. The van der Waals surface area contributed by atoms with Crippen LogP contribution >= 0.6 is 11.6 Å². The second kappa shape index (κ2) is 8.34. The van der Waals surface area contributed by atoms with Gasteiger partial charge in [0.05, 0.1) is 18.2 Å². The van der Waals surface area contributed by atoms with Crippen LogP contribution in [0.1, 0.15) is 43.6 Å². The molecule has 0 aliphatic heterocycles. The summed E-state index contributed by atoms with van der Waals surface area (Å²) in [4.78, 5) is 6.44. The van der Waals surface area contributed by atoms with Crippen molar-refractivity contribution in [2.24, 2.45) is 0 Å². The van der Waals surface area contributed by atoms with E-state index in [9.17, 15) is 5.11 Å². The van der Waals surface area contributed by atoms with Crippen LogP contribution in [0.25, 0.3) is 5.82 Å². The van der Waals surface area contributed by atoms with Crippen LogP contribution in [0.15, 0.2) is 12.1 Å². The summed E-state index contributed by atoms with van der Waals surface area (Å²) >= 11 is 5.94. The highest BCUT2D eigenvalue weighted by molar-refractivity contribution is 6.31. The molecule has 1 saturated carbocycles. The summed E-state index contributed by atoms with van der Waals surface area (Å²) in [5.74, 6) is 1.08. The number of aromatic nitrogens is 5. The second-order valence-electron chi connectivity index (χ2n) is 6.10. The molecular formula is C16H20ClN7O. The van der Waals surface area contributed by atoms with Gasteiger partial charge in [-0.25, -0.2) is 4.98 Å². The summed E-state index contributed by atoms with van der Waals surface area (Å²) in [6.07, 6.45) is 5.94. The third-order valence-corrected chi connectivity index (χ3v) is 4.82. The molecule has 1 aliphatic carbocycles. The van der Waals surface area contributed by atoms with Crippen LogP contribution in [0.3, 0.4) is 0 Å². The molecule has 0 spiro atoms. The molecule has 0 radical (unpaired) electrons. The highest BCUT2D eigenvalue weighted by Gasteiger charge is 2.23. The molecule has 25 heavy (non-hydrogen) atoms. The topological polar surface area (TPSA) is 104 Å². The van der Waals surface area contributed by atoms with Crippen molar-refractivity contribution in [2.45, 2.75) is 44.7 Å². The van der Waals surface area contributed by atoms with Gasteiger partial charge in [-0.1, -0.05) is 30.9 Å². The molecule has 9 heteroatoms. The highest BCUT2D eigenvalue weighted by Crippen LogP contribution is 2.24. The molecule has 0 saturated heterocycles. The van der Waals surface area contributed by atoms with Crippen molar-refractivity contribution in [2.75, 3.05) is 13.2 Å².